The van der Waals surface area contributed by atoms with Crippen molar-refractivity contribution in [3.63, 3.8) is 0 Å². The zero-order valence-corrected chi connectivity index (χ0v) is 20.7. The van der Waals surface area contributed by atoms with Gasteiger partial charge in [0.25, 0.3) is 5.91 Å². The van der Waals surface area contributed by atoms with Crippen LogP contribution < -0.4 is 10.1 Å². The second-order valence-corrected chi connectivity index (χ2v) is 9.42. The summed E-state index contributed by atoms with van der Waals surface area (Å²) in [6.45, 7) is 0.659. The van der Waals surface area contributed by atoms with E-state index in [1.165, 1.54) is 43.0 Å². The van der Waals surface area contributed by atoms with Crippen molar-refractivity contribution >= 4 is 23.2 Å². The third kappa shape index (κ3) is 6.72. The van der Waals surface area contributed by atoms with Crippen LogP contribution in [0.5, 0.6) is 5.75 Å². The topological polar surface area (TPSA) is 41.6 Å². The van der Waals surface area contributed by atoms with Gasteiger partial charge in [0.15, 0.2) is 0 Å². The summed E-state index contributed by atoms with van der Waals surface area (Å²) in [5.74, 6) is 0.122. The lowest BCUT2D eigenvalue weighted by atomic mass is 9.80. The van der Waals surface area contributed by atoms with Crippen LogP contribution in [0.25, 0.3) is 0 Å². The fourth-order valence-corrected chi connectivity index (χ4v) is 4.53. The minimum absolute atomic E-state index is 0.215. The van der Waals surface area contributed by atoms with E-state index in [1.807, 2.05) is 12.1 Å². The molecular formula is C28H28ClF3N2O2. The quantitative estimate of drug-likeness (QED) is 0.321. The Morgan fingerprint density at radius 2 is 1.81 bits per heavy atom. The second-order valence-electron chi connectivity index (χ2n) is 8.98. The van der Waals surface area contributed by atoms with Crippen LogP contribution in [0.3, 0.4) is 0 Å². The van der Waals surface area contributed by atoms with E-state index in [1.54, 1.807) is 36.2 Å². The number of ether oxygens (including phenoxy) is 1. The number of halogens is 4. The fraction of sp³-hybridized carbons (Fsp3) is 0.321. The van der Waals surface area contributed by atoms with Crippen molar-refractivity contribution in [2.75, 3.05) is 18.9 Å². The third-order valence-electron chi connectivity index (χ3n) is 6.50. The molecule has 0 aliphatic heterocycles. The van der Waals surface area contributed by atoms with Gasteiger partial charge in [-0.2, -0.15) is 0 Å². The number of hydrogen-bond donors (Lipinski definition) is 1. The molecule has 3 aromatic carbocycles. The Morgan fingerprint density at radius 3 is 2.44 bits per heavy atom. The highest BCUT2D eigenvalue weighted by Gasteiger charge is 2.31. The maximum atomic E-state index is 13.6. The first-order valence-electron chi connectivity index (χ1n) is 11.9. The summed E-state index contributed by atoms with van der Waals surface area (Å²) in [7, 11) is 1.73. The minimum atomic E-state index is -4.76. The summed E-state index contributed by atoms with van der Waals surface area (Å²) in [4.78, 5) is 15.3. The molecule has 1 N–H and O–H groups in total. The van der Waals surface area contributed by atoms with E-state index in [9.17, 15) is 18.0 Å². The number of hydrogen-bond acceptors (Lipinski definition) is 3. The van der Waals surface area contributed by atoms with Gasteiger partial charge < -0.3 is 15.0 Å². The molecule has 1 aliphatic carbocycles. The molecule has 4 nitrogen and oxygen atoms in total. The molecule has 0 bridgehead atoms. The van der Waals surface area contributed by atoms with Crippen molar-refractivity contribution in [3.05, 3.63) is 94.0 Å². The van der Waals surface area contributed by atoms with E-state index >= 15 is 0 Å². The number of amides is 1. The van der Waals surface area contributed by atoms with E-state index in [0.29, 0.717) is 47.3 Å². The number of carbonyl (C=O) groups is 1. The van der Waals surface area contributed by atoms with Gasteiger partial charge in [-0.15, -0.1) is 13.2 Å². The van der Waals surface area contributed by atoms with Crippen LogP contribution in [-0.4, -0.2) is 30.8 Å². The van der Waals surface area contributed by atoms with Gasteiger partial charge >= 0.3 is 6.36 Å². The summed E-state index contributed by atoms with van der Waals surface area (Å²) < 4.78 is 42.0. The van der Waals surface area contributed by atoms with Gasteiger partial charge in [-0.1, -0.05) is 54.4 Å². The second kappa shape index (κ2) is 11.2. The standard InChI is InChI=1S/C28H28ClF3N2O2/c1-33-26-13-12-23(29)17-25(26)27(35)34(18-20-8-10-22(11-9-20)21-5-3-6-21)15-14-19-4-2-7-24(16-19)36-28(30,31)32/h2,4,7-13,16-17,21,33H,3,5-6,14-15,18H2,1H3. The van der Waals surface area contributed by atoms with Crippen molar-refractivity contribution < 1.29 is 22.7 Å². The van der Waals surface area contributed by atoms with E-state index in [-0.39, 0.29) is 11.7 Å². The molecule has 0 atom stereocenters. The number of nitrogens with zero attached hydrogens (tertiary/aromatic N) is 1. The van der Waals surface area contributed by atoms with Gasteiger partial charge in [0, 0.05) is 30.8 Å². The number of carbonyl (C=O) groups excluding carboxylic acids is 1. The monoisotopic (exact) mass is 516 g/mol. The Hall–Kier alpha value is -3.19. The van der Waals surface area contributed by atoms with Crippen molar-refractivity contribution in [3.8, 4) is 5.75 Å². The molecule has 0 unspecified atom stereocenters. The molecule has 0 saturated heterocycles. The van der Waals surface area contributed by atoms with E-state index in [4.69, 9.17) is 11.6 Å². The van der Waals surface area contributed by atoms with Gasteiger partial charge in [0.05, 0.1) is 5.56 Å². The van der Waals surface area contributed by atoms with Gasteiger partial charge in [-0.3, -0.25) is 4.79 Å². The largest absolute Gasteiger partial charge is 0.573 e. The summed E-state index contributed by atoms with van der Waals surface area (Å²) >= 11 is 6.19. The Morgan fingerprint density at radius 1 is 1.06 bits per heavy atom. The molecule has 0 aromatic heterocycles. The van der Waals surface area contributed by atoms with Crippen molar-refractivity contribution in [1.82, 2.24) is 4.90 Å². The predicted octanol–water partition coefficient (Wildman–Crippen LogP) is 7.43. The summed E-state index contributed by atoms with van der Waals surface area (Å²) in [6, 6.07) is 19.3. The Balaban J connectivity index is 1.55. The van der Waals surface area contributed by atoms with Crippen LogP contribution in [0.15, 0.2) is 66.7 Å². The lowest BCUT2D eigenvalue weighted by molar-refractivity contribution is -0.274. The summed E-state index contributed by atoms with van der Waals surface area (Å²) in [6.07, 6.45) is -0.721. The molecule has 1 aliphatic rings. The maximum Gasteiger partial charge on any atom is 0.573 e. The highest BCUT2D eigenvalue weighted by molar-refractivity contribution is 6.31. The average molecular weight is 517 g/mol. The zero-order chi connectivity index (χ0) is 25.7. The molecule has 4 rings (SSSR count). The van der Waals surface area contributed by atoms with Crippen LogP contribution in [0.1, 0.15) is 52.2 Å². The summed E-state index contributed by atoms with van der Waals surface area (Å²) in [5.41, 5.74) is 4.01. The normalized spacial score (nSPS) is 13.7. The Kier molecular flexibility index (Phi) is 8.09. The molecule has 0 radical (unpaired) electrons. The highest BCUT2D eigenvalue weighted by Crippen LogP contribution is 2.36. The number of rotatable bonds is 9. The number of alkyl halides is 3. The van der Waals surface area contributed by atoms with Gasteiger partial charge in [0.2, 0.25) is 0 Å². The van der Waals surface area contributed by atoms with Crippen LogP contribution in [0, 0.1) is 0 Å². The molecule has 0 heterocycles. The smallest absolute Gasteiger partial charge is 0.406 e. The molecule has 0 spiro atoms. The fourth-order valence-electron chi connectivity index (χ4n) is 4.35. The van der Waals surface area contributed by atoms with Crippen molar-refractivity contribution in [2.45, 2.75) is 44.5 Å². The highest BCUT2D eigenvalue weighted by atomic mass is 35.5. The summed E-state index contributed by atoms with van der Waals surface area (Å²) in [5, 5.41) is 3.47. The van der Waals surface area contributed by atoms with Crippen LogP contribution >= 0.6 is 11.6 Å². The number of benzene rings is 3. The first kappa shape index (κ1) is 25.9. The lowest BCUT2D eigenvalue weighted by Crippen LogP contribution is -2.33. The molecule has 1 fully saturated rings. The van der Waals surface area contributed by atoms with Gasteiger partial charge in [-0.25, -0.2) is 0 Å². The lowest BCUT2D eigenvalue weighted by Gasteiger charge is -2.27. The van der Waals surface area contributed by atoms with Crippen molar-refractivity contribution in [1.29, 1.82) is 0 Å². The molecule has 8 heteroatoms. The first-order chi connectivity index (χ1) is 17.2. The SMILES string of the molecule is CNc1ccc(Cl)cc1C(=O)N(CCc1cccc(OC(F)(F)F)c1)Cc1ccc(C2CCC2)cc1. The van der Waals surface area contributed by atoms with Crippen molar-refractivity contribution in [2.24, 2.45) is 0 Å². The minimum Gasteiger partial charge on any atom is -0.406 e. The van der Waals surface area contributed by atoms with Crippen LogP contribution in [-0.2, 0) is 13.0 Å². The van der Waals surface area contributed by atoms with E-state index in [0.717, 1.165) is 5.56 Å². The van der Waals surface area contributed by atoms with E-state index < -0.39 is 6.36 Å². The molecule has 1 saturated carbocycles. The Labute approximate surface area is 214 Å². The molecule has 1 amide bonds. The van der Waals surface area contributed by atoms with Gasteiger partial charge in [-0.05, 0) is 72.2 Å². The third-order valence-corrected chi connectivity index (χ3v) is 6.74. The van der Waals surface area contributed by atoms with Crippen LogP contribution in [0.2, 0.25) is 5.02 Å². The number of nitrogens with one attached hydrogen (secondary N) is 1. The molecule has 3 aromatic rings. The zero-order valence-electron chi connectivity index (χ0n) is 19.9. The van der Waals surface area contributed by atoms with E-state index in [2.05, 4.69) is 22.2 Å². The van der Waals surface area contributed by atoms with Crippen LogP contribution in [0.4, 0.5) is 18.9 Å². The molecule has 36 heavy (non-hydrogen) atoms. The number of anilines is 1. The maximum absolute atomic E-state index is 13.6. The predicted molar refractivity (Wildman–Crippen MR) is 136 cm³/mol. The molecular weight excluding hydrogens is 489 g/mol. The Bertz CT molecular complexity index is 1190. The first-order valence-corrected chi connectivity index (χ1v) is 12.3. The molecule has 190 valence electrons. The average Bonchev–Trinajstić information content (AvgIpc) is 2.80. The van der Waals surface area contributed by atoms with Gasteiger partial charge in [0.1, 0.15) is 5.75 Å².